The summed E-state index contributed by atoms with van der Waals surface area (Å²) >= 11 is 1.37. The molecule has 0 aromatic carbocycles. The Bertz CT molecular complexity index is 405. The average Bonchev–Trinajstić information content (AvgIpc) is 2.78. The molecule has 1 aromatic heterocycles. The molecule has 1 atom stereocenters. The summed E-state index contributed by atoms with van der Waals surface area (Å²) < 4.78 is 4.30. The highest BCUT2D eigenvalue weighted by Gasteiger charge is 2.27. The molecule has 1 unspecified atom stereocenters. The second-order valence-electron chi connectivity index (χ2n) is 4.71. The number of carboxylic acids is 1. The molecule has 6 heteroatoms. The van der Waals surface area contributed by atoms with Gasteiger partial charge in [-0.05, 0) is 12.8 Å². The minimum Gasteiger partial charge on any atom is -0.481 e. The van der Waals surface area contributed by atoms with Crippen LogP contribution in [-0.4, -0.2) is 33.5 Å². The van der Waals surface area contributed by atoms with Crippen molar-refractivity contribution in [2.45, 2.75) is 32.6 Å². The topological polar surface area (TPSA) is 66.3 Å². The lowest BCUT2D eigenvalue weighted by atomic mass is 9.99. The first-order valence-electron chi connectivity index (χ1n) is 5.89. The van der Waals surface area contributed by atoms with Crippen LogP contribution >= 0.6 is 11.5 Å². The van der Waals surface area contributed by atoms with Crippen LogP contribution in [0, 0.1) is 5.92 Å². The van der Waals surface area contributed by atoms with Gasteiger partial charge in [-0.1, -0.05) is 13.8 Å². The fourth-order valence-corrected chi connectivity index (χ4v) is 2.78. The van der Waals surface area contributed by atoms with Gasteiger partial charge >= 0.3 is 5.97 Å². The molecule has 0 radical (unpaired) electrons. The number of aromatic nitrogens is 2. The molecule has 17 heavy (non-hydrogen) atoms. The zero-order chi connectivity index (χ0) is 12.4. The average molecular weight is 255 g/mol. The van der Waals surface area contributed by atoms with E-state index in [0.29, 0.717) is 12.5 Å². The monoisotopic (exact) mass is 255 g/mol. The smallest absolute Gasteiger partial charge is 0.308 e. The first-order valence-corrected chi connectivity index (χ1v) is 6.66. The van der Waals surface area contributed by atoms with Gasteiger partial charge in [0, 0.05) is 30.5 Å². The fourth-order valence-electron chi connectivity index (χ4n) is 1.94. The summed E-state index contributed by atoms with van der Waals surface area (Å²) in [7, 11) is 0. The molecule has 1 N–H and O–H groups in total. The Labute approximate surface area is 105 Å². The van der Waals surface area contributed by atoms with E-state index >= 15 is 0 Å². The van der Waals surface area contributed by atoms with Crippen molar-refractivity contribution in [2.24, 2.45) is 5.92 Å². The van der Waals surface area contributed by atoms with Crippen LogP contribution in [0.5, 0.6) is 0 Å². The minimum atomic E-state index is -0.705. The minimum absolute atomic E-state index is 0.268. The predicted octanol–water partition coefficient (Wildman–Crippen LogP) is 1.96. The second kappa shape index (κ2) is 5.00. The third-order valence-corrected chi connectivity index (χ3v) is 3.78. The molecule has 0 aliphatic carbocycles. The summed E-state index contributed by atoms with van der Waals surface area (Å²) in [6, 6.07) is 0. The molecule has 94 valence electrons. The summed E-state index contributed by atoms with van der Waals surface area (Å²) in [6.07, 6.45) is 1.68. The van der Waals surface area contributed by atoms with Gasteiger partial charge in [0.05, 0.1) is 5.92 Å². The highest BCUT2D eigenvalue weighted by Crippen LogP contribution is 2.26. The number of rotatable bonds is 3. The van der Waals surface area contributed by atoms with Crippen LogP contribution in [0.25, 0.3) is 0 Å². The van der Waals surface area contributed by atoms with Gasteiger partial charge in [-0.25, -0.2) is 4.98 Å². The standard InChI is InChI=1S/C11H17N3O2S/c1-7(2)9-12-11(17-13-9)14-5-3-4-8(6-14)10(15)16/h7-8H,3-6H2,1-2H3,(H,15,16). The summed E-state index contributed by atoms with van der Waals surface area (Å²) in [5, 5.41) is 9.90. The van der Waals surface area contributed by atoms with Crippen LogP contribution in [0.2, 0.25) is 0 Å². The Balaban J connectivity index is 2.08. The van der Waals surface area contributed by atoms with E-state index in [1.165, 1.54) is 11.5 Å². The molecule has 5 nitrogen and oxygen atoms in total. The molecular weight excluding hydrogens is 238 g/mol. The summed E-state index contributed by atoms with van der Waals surface area (Å²) in [4.78, 5) is 17.5. The van der Waals surface area contributed by atoms with Crippen LogP contribution in [0.4, 0.5) is 5.13 Å². The molecule has 0 amide bonds. The molecule has 1 fully saturated rings. The van der Waals surface area contributed by atoms with Crippen LogP contribution in [0.15, 0.2) is 0 Å². The van der Waals surface area contributed by atoms with E-state index in [1.807, 2.05) is 4.90 Å². The number of carbonyl (C=O) groups is 1. The van der Waals surface area contributed by atoms with E-state index in [-0.39, 0.29) is 5.92 Å². The van der Waals surface area contributed by atoms with Gasteiger partial charge in [-0.3, -0.25) is 4.79 Å². The lowest BCUT2D eigenvalue weighted by Gasteiger charge is -2.29. The summed E-state index contributed by atoms with van der Waals surface area (Å²) in [6.45, 7) is 5.56. The third-order valence-electron chi connectivity index (χ3n) is 2.99. The Morgan fingerprint density at radius 3 is 2.94 bits per heavy atom. The summed E-state index contributed by atoms with van der Waals surface area (Å²) in [5.74, 6) is 0.195. The van der Waals surface area contributed by atoms with Crippen molar-refractivity contribution >= 4 is 22.6 Å². The molecule has 2 heterocycles. The van der Waals surface area contributed by atoms with E-state index in [2.05, 4.69) is 23.2 Å². The van der Waals surface area contributed by atoms with E-state index < -0.39 is 5.97 Å². The normalized spacial score (nSPS) is 20.9. The molecular formula is C11H17N3O2S. The quantitative estimate of drug-likeness (QED) is 0.894. The lowest BCUT2D eigenvalue weighted by Crippen LogP contribution is -2.38. The van der Waals surface area contributed by atoms with Crippen molar-refractivity contribution in [2.75, 3.05) is 18.0 Å². The first kappa shape index (κ1) is 12.3. The number of hydrogen-bond donors (Lipinski definition) is 1. The second-order valence-corrected chi connectivity index (χ2v) is 5.44. The number of carboxylic acid groups (broad SMARTS) is 1. The van der Waals surface area contributed by atoms with E-state index in [0.717, 1.165) is 30.3 Å². The van der Waals surface area contributed by atoms with Gasteiger partial charge in [0.2, 0.25) is 5.13 Å². The highest BCUT2D eigenvalue weighted by molar-refractivity contribution is 7.09. The Morgan fingerprint density at radius 2 is 2.35 bits per heavy atom. The third kappa shape index (κ3) is 2.74. The SMILES string of the molecule is CC(C)c1nsc(N2CCCC(C(=O)O)C2)n1. The fraction of sp³-hybridized carbons (Fsp3) is 0.727. The lowest BCUT2D eigenvalue weighted by molar-refractivity contribution is -0.141. The van der Waals surface area contributed by atoms with Gasteiger partial charge < -0.3 is 10.0 Å². The van der Waals surface area contributed by atoms with Gasteiger partial charge in [0.25, 0.3) is 0 Å². The Kier molecular flexibility index (Phi) is 3.61. The van der Waals surface area contributed by atoms with E-state index in [4.69, 9.17) is 5.11 Å². The van der Waals surface area contributed by atoms with Crippen LogP contribution in [0.1, 0.15) is 38.4 Å². The number of anilines is 1. The van der Waals surface area contributed by atoms with Crippen molar-refractivity contribution < 1.29 is 9.90 Å². The number of piperidine rings is 1. The van der Waals surface area contributed by atoms with Gasteiger partial charge in [-0.2, -0.15) is 4.37 Å². The maximum absolute atomic E-state index is 11.0. The van der Waals surface area contributed by atoms with Gasteiger partial charge in [0.1, 0.15) is 5.82 Å². The molecule has 2 rings (SSSR count). The van der Waals surface area contributed by atoms with Crippen molar-refractivity contribution in [3.8, 4) is 0 Å². The van der Waals surface area contributed by atoms with Crippen molar-refractivity contribution in [1.82, 2.24) is 9.36 Å². The highest BCUT2D eigenvalue weighted by atomic mass is 32.1. The molecule has 0 spiro atoms. The number of hydrogen-bond acceptors (Lipinski definition) is 5. The van der Waals surface area contributed by atoms with Gasteiger partial charge in [-0.15, -0.1) is 0 Å². The van der Waals surface area contributed by atoms with E-state index in [9.17, 15) is 4.79 Å². The molecule has 1 aromatic rings. The van der Waals surface area contributed by atoms with Crippen molar-refractivity contribution in [3.63, 3.8) is 0 Å². The van der Waals surface area contributed by atoms with Crippen LogP contribution in [0.3, 0.4) is 0 Å². The maximum atomic E-state index is 11.0. The van der Waals surface area contributed by atoms with E-state index in [1.54, 1.807) is 0 Å². The number of nitrogens with zero attached hydrogens (tertiary/aromatic N) is 3. The van der Waals surface area contributed by atoms with Crippen LogP contribution < -0.4 is 4.90 Å². The zero-order valence-corrected chi connectivity index (χ0v) is 10.9. The predicted molar refractivity (Wildman–Crippen MR) is 66.6 cm³/mol. The number of aliphatic carboxylic acids is 1. The molecule has 0 saturated carbocycles. The Morgan fingerprint density at radius 1 is 1.59 bits per heavy atom. The molecule has 0 bridgehead atoms. The Hall–Kier alpha value is -1.17. The van der Waals surface area contributed by atoms with Crippen molar-refractivity contribution in [1.29, 1.82) is 0 Å². The zero-order valence-electron chi connectivity index (χ0n) is 10.1. The first-order chi connectivity index (χ1) is 8.08. The maximum Gasteiger partial charge on any atom is 0.308 e. The van der Waals surface area contributed by atoms with Gasteiger partial charge in [0.15, 0.2) is 0 Å². The molecule has 1 saturated heterocycles. The largest absolute Gasteiger partial charge is 0.481 e. The molecule has 1 aliphatic heterocycles. The summed E-state index contributed by atoms with van der Waals surface area (Å²) in [5.41, 5.74) is 0. The van der Waals surface area contributed by atoms with Crippen molar-refractivity contribution in [3.05, 3.63) is 5.82 Å². The van der Waals surface area contributed by atoms with Crippen LogP contribution in [-0.2, 0) is 4.79 Å². The molecule has 1 aliphatic rings.